The van der Waals surface area contributed by atoms with Crippen molar-refractivity contribution in [2.45, 2.75) is 24.5 Å². The minimum absolute atomic E-state index is 0.138. The average Bonchev–Trinajstić information content (AvgIpc) is 3.52. The summed E-state index contributed by atoms with van der Waals surface area (Å²) >= 11 is 0. The Hall–Kier alpha value is -3.27. The number of sulfonamides is 1. The first-order valence-corrected chi connectivity index (χ1v) is 11.2. The number of carbonyl (C=O) groups is 1. The molecule has 1 aliphatic carbocycles. The molecule has 5 rings (SSSR count). The summed E-state index contributed by atoms with van der Waals surface area (Å²) in [5, 5.41) is 10.1. The molecule has 0 saturated heterocycles. The lowest BCUT2D eigenvalue weighted by molar-refractivity contribution is -0.115. The van der Waals surface area contributed by atoms with E-state index in [1.807, 2.05) is 6.07 Å². The molecule has 156 valence electrons. The molecule has 0 bridgehead atoms. The summed E-state index contributed by atoms with van der Waals surface area (Å²) in [7, 11) is -3.37. The lowest BCUT2D eigenvalue weighted by Crippen LogP contribution is -2.17. The van der Waals surface area contributed by atoms with E-state index >= 15 is 0 Å². The molecular formula is C20H20N4O5S. The first kappa shape index (κ1) is 18.7. The minimum Gasteiger partial charge on any atom is -0.486 e. The van der Waals surface area contributed by atoms with Gasteiger partial charge in [0.05, 0.1) is 17.2 Å². The highest BCUT2D eigenvalue weighted by atomic mass is 32.2. The fourth-order valence-electron chi connectivity index (χ4n) is 3.36. The second-order valence-corrected chi connectivity index (χ2v) is 9.34. The second kappa shape index (κ2) is 7.21. The number of rotatable bonds is 6. The number of nitrogens with zero attached hydrogens (tertiary/aromatic N) is 1. The zero-order chi connectivity index (χ0) is 20.7. The smallest absolute Gasteiger partial charge is 0.235 e. The topological polar surface area (TPSA) is 122 Å². The van der Waals surface area contributed by atoms with E-state index in [9.17, 15) is 13.2 Å². The number of amides is 1. The predicted octanol–water partition coefficient (Wildman–Crippen LogP) is 2.42. The van der Waals surface area contributed by atoms with Gasteiger partial charge in [-0.05, 0) is 48.7 Å². The maximum absolute atomic E-state index is 12.6. The molecule has 9 nitrogen and oxygen atoms in total. The quantitative estimate of drug-likeness (QED) is 0.554. The maximum atomic E-state index is 12.6. The van der Waals surface area contributed by atoms with Crippen LogP contribution in [0.3, 0.4) is 0 Å². The summed E-state index contributed by atoms with van der Waals surface area (Å²) in [6, 6.07) is 10.5. The standard InChI is InChI=1S/C20H20N4O5S/c25-19(10-12-1-6-17-18(9-12)29-8-7-28-17)21-20-15-11-13(2-5-16(15)22-23-20)24-30(26,27)14-3-4-14/h1-2,5-6,9,11,14,24H,3-4,7-8,10H2,(H2,21,22,23,25). The van der Waals surface area contributed by atoms with Crippen molar-refractivity contribution in [1.29, 1.82) is 0 Å². The van der Waals surface area contributed by atoms with E-state index in [2.05, 4.69) is 20.2 Å². The molecule has 3 aromatic rings. The van der Waals surface area contributed by atoms with Gasteiger partial charge in [0, 0.05) is 11.1 Å². The van der Waals surface area contributed by atoms with Crippen LogP contribution in [-0.2, 0) is 21.2 Å². The Bertz CT molecular complexity index is 1230. The maximum Gasteiger partial charge on any atom is 0.235 e. The van der Waals surface area contributed by atoms with Crippen LogP contribution < -0.4 is 19.5 Å². The van der Waals surface area contributed by atoms with E-state index in [0.29, 0.717) is 60.0 Å². The molecule has 10 heteroatoms. The van der Waals surface area contributed by atoms with Crippen molar-refractivity contribution in [3.8, 4) is 11.5 Å². The molecule has 2 aromatic carbocycles. The van der Waals surface area contributed by atoms with E-state index in [0.717, 1.165) is 5.56 Å². The number of ether oxygens (including phenoxy) is 2. The number of nitrogens with one attached hydrogen (secondary N) is 3. The fraction of sp³-hybridized carbons (Fsp3) is 0.300. The van der Waals surface area contributed by atoms with Crippen LogP contribution in [0.15, 0.2) is 36.4 Å². The van der Waals surface area contributed by atoms with Crippen molar-refractivity contribution >= 4 is 38.3 Å². The Balaban J connectivity index is 1.32. The van der Waals surface area contributed by atoms with Crippen LogP contribution in [0.2, 0.25) is 0 Å². The number of aromatic nitrogens is 2. The van der Waals surface area contributed by atoms with E-state index < -0.39 is 10.0 Å². The monoisotopic (exact) mass is 428 g/mol. The molecule has 1 saturated carbocycles. The summed E-state index contributed by atoms with van der Waals surface area (Å²) in [5.74, 6) is 1.40. The molecule has 0 radical (unpaired) electrons. The molecular weight excluding hydrogens is 408 g/mol. The Morgan fingerprint density at radius 2 is 1.90 bits per heavy atom. The van der Waals surface area contributed by atoms with Crippen molar-refractivity contribution in [3.63, 3.8) is 0 Å². The molecule has 1 aromatic heterocycles. The van der Waals surface area contributed by atoms with E-state index in [-0.39, 0.29) is 17.6 Å². The van der Waals surface area contributed by atoms with Gasteiger partial charge in [0.15, 0.2) is 17.3 Å². The summed E-state index contributed by atoms with van der Waals surface area (Å²) in [5.41, 5.74) is 1.92. The number of anilines is 2. The Morgan fingerprint density at radius 1 is 1.10 bits per heavy atom. The normalized spacial score (nSPS) is 15.7. The van der Waals surface area contributed by atoms with E-state index in [4.69, 9.17) is 9.47 Å². The highest BCUT2D eigenvalue weighted by Crippen LogP contribution is 2.32. The van der Waals surface area contributed by atoms with Crippen LogP contribution in [-0.4, -0.2) is 43.0 Å². The Labute approximate surface area is 172 Å². The molecule has 0 unspecified atom stereocenters. The van der Waals surface area contributed by atoms with Gasteiger partial charge in [-0.25, -0.2) is 8.42 Å². The molecule has 3 N–H and O–H groups in total. The molecule has 1 aliphatic heterocycles. The van der Waals surface area contributed by atoms with Crippen molar-refractivity contribution < 1.29 is 22.7 Å². The number of benzene rings is 2. The van der Waals surface area contributed by atoms with E-state index in [1.54, 1.807) is 30.3 Å². The molecule has 1 fully saturated rings. The number of hydrogen-bond acceptors (Lipinski definition) is 6. The van der Waals surface area contributed by atoms with Gasteiger partial charge in [0.25, 0.3) is 0 Å². The summed E-state index contributed by atoms with van der Waals surface area (Å²) < 4.78 is 38.0. The Morgan fingerprint density at radius 3 is 2.70 bits per heavy atom. The molecule has 30 heavy (non-hydrogen) atoms. The summed E-state index contributed by atoms with van der Waals surface area (Å²) in [6.45, 7) is 0.993. The van der Waals surface area contributed by atoms with Gasteiger partial charge in [0.2, 0.25) is 15.9 Å². The Kier molecular flexibility index (Phi) is 4.50. The number of H-pyrrole nitrogens is 1. The van der Waals surface area contributed by atoms with Crippen molar-refractivity contribution in [3.05, 3.63) is 42.0 Å². The lowest BCUT2D eigenvalue weighted by Gasteiger charge is -2.18. The highest BCUT2D eigenvalue weighted by Gasteiger charge is 2.35. The van der Waals surface area contributed by atoms with Gasteiger partial charge in [0.1, 0.15) is 13.2 Å². The van der Waals surface area contributed by atoms with Crippen molar-refractivity contribution in [2.24, 2.45) is 0 Å². The number of hydrogen-bond donors (Lipinski definition) is 3. The van der Waals surface area contributed by atoms with Gasteiger partial charge in [-0.1, -0.05) is 6.07 Å². The zero-order valence-electron chi connectivity index (χ0n) is 16.0. The zero-order valence-corrected chi connectivity index (χ0v) is 16.8. The van der Waals surface area contributed by atoms with Gasteiger partial charge >= 0.3 is 0 Å². The van der Waals surface area contributed by atoms with Gasteiger partial charge in [-0.15, -0.1) is 0 Å². The molecule has 1 amide bonds. The minimum atomic E-state index is -3.37. The van der Waals surface area contributed by atoms with Gasteiger partial charge in [-0.2, -0.15) is 5.10 Å². The summed E-state index contributed by atoms with van der Waals surface area (Å²) in [4.78, 5) is 12.6. The summed E-state index contributed by atoms with van der Waals surface area (Å²) in [6.07, 6.45) is 1.51. The largest absolute Gasteiger partial charge is 0.486 e. The third-order valence-electron chi connectivity index (χ3n) is 5.02. The van der Waals surface area contributed by atoms with Crippen LogP contribution in [0.1, 0.15) is 18.4 Å². The number of fused-ring (bicyclic) bond motifs is 2. The highest BCUT2D eigenvalue weighted by molar-refractivity contribution is 7.93. The predicted molar refractivity (Wildman–Crippen MR) is 111 cm³/mol. The second-order valence-electron chi connectivity index (χ2n) is 7.38. The van der Waals surface area contributed by atoms with E-state index in [1.165, 1.54) is 0 Å². The third kappa shape index (κ3) is 3.78. The fourth-order valence-corrected chi connectivity index (χ4v) is 4.74. The van der Waals surface area contributed by atoms with Crippen molar-refractivity contribution in [1.82, 2.24) is 10.2 Å². The van der Waals surface area contributed by atoms with Crippen LogP contribution in [0.5, 0.6) is 11.5 Å². The van der Waals surface area contributed by atoms with Crippen LogP contribution in [0.25, 0.3) is 10.9 Å². The lowest BCUT2D eigenvalue weighted by atomic mass is 10.1. The first-order valence-electron chi connectivity index (χ1n) is 9.66. The average molecular weight is 428 g/mol. The van der Waals surface area contributed by atoms with Gasteiger partial charge < -0.3 is 14.8 Å². The molecule has 2 heterocycles. The first-order chi connectivity index (χ1) is 14.5. The third-order valence-corrected chi connectivity index (χ3v) is 6.88. The van der Waals surface area contributed by atoms with Crippen LogP contribution in [0.4, 0.5) is 11.5 Å². The van der Waals surface area contributed by atoms with Crippen molar-refractivity contribution in [2.75, 3.05) is 23.3 Å². The molecule has 0 spiro atoms. The number of carbonyl (C=O) groups excluding carboxylic acids is 1. The SMILES string of the molecule is O=C(Cc1ccc2c(c1)OCCO2)Nc1n[nH]c2ccc(NS(=O)(=O)C3CC3)cc12. The molecule has 2 aliphatic rings. The number of aromatic amines is 1. The van der Waals surface area contributed by atoms with Crippen LogP contribution in [0, 0.1) is 0 Å². The van der Waals surface area contributed by atoms with Gasteiger partial charge in [-0.3, -0.25) is 14.6 Å². The van der Waals surface area contributed by atoms with Crippen LogP contribution >= 0.6 is 0 Å². The molecule has 0 atom stereocenters.